The number of benzene rings is 1. The molecule has 0 saturated heterocycles. The Kier molecular flexibility index (Phi) is 6.47. The van der Waals surface area contributed by atoms with Crippen LogP contribution in [0.25, 0.3) is 0 Å². The molecule has 0 aliphatic rings. The molecule has 1 aromatic rings. The van der Waals surface area contributed by atoms with Gasteiger partial charge in [-0.2, -0.15) is 26.3 Å². The highest BCUT2D eigenvalue weighted by Gasteiger charge is 2.42. The van der Waals surface area contributed by atoms with E-state index in [1.165, 1.54) is 14.2 Å². The molecule has 3 nitrogen and oxygen atoms in total. The summed E-state index contributed by atoms with van der Waals surface area (Å²) in [5.41, 5.74) is -2.98. The minimum Gasteiger partial charge on any atom is -0.377 e. The van der Waals surface area contributed by atoms with Gasteiger partial charge in [0, 0.05) is 26.4 Å². The molecule has 0 fully saturated rings. The predicted octanol–water partition coefficient (Wildman–Crippen LogP) is 4.46. The van der Waals surface area contributed by atoms with E-state index in [1.54, 1.807) is 13.8 Å². The van der Waals surface area contributed by atoms with Crippen molar-refractivity contribution in [2.45, 2.75) is 38.3 Å². The van der Waals surface area contributed by atoms with Crippen LogP contribution in [0.5, 0.6) is 0 Å². The third-order valence-electron chi connectivity index (χ3n) is 3.11. The molecule has 10 heteroatoms. The van der Waals surface area contributed by atoms with Crippen LogP contribution in [-0.4, -0.2) is 29.1 Å². The van der Waals surface area contributed by atoms with Crippen molar-refractivity contribution in [1.82, 2.24) is 0 Å². The third-order valence-corrected chi connectivity index (χ3v) is 6.02. The van der Waals surface area contributed by atoms with Crippen LogP contribution in [0, 0.1) is 0 Å². The average molecular weight is 376 g/mol. The van der Waals surface area contributed by atoms with Gasteiger partial charge < -0.3 is 13.3 Å². The van der Waals surface area contributed by atoms with E-state index in [0.717, 1.165) is 0 Å². The summed E-state index contributed by atoms with van der Waals surface area (Å²) in [5, 5.41) is 0. The van der Waals surface area contributed by atoms with Crippen molar-refractivity contribution in [3.63, 3.8) is 0 Å². The first-order valence-electron chi connectivity index (χ1n) is 6.89. The maximum absolute atomic E-state index is 12.9. The van der Waals surface area contributed by atoms with Gasteiger partial charge in [-0.25, -0.2) is 0 Å². The topological polar surface area (TPSA) is 27.7 Å². The second kappa shape index (κ2) is 7.42. The first-order chi connectivity index (χ1) is 10.8. The molecule has 0 aliphatic heterocycles. The first kappa shape index (κ1) is 20.9. The van der Waals surface area contributed by atoms with Gasteiger partial charge in [0.1, 0.15) is 0 Å². The van der Waals surface area contributed by atoms with Crippen molar-refractivity contribution in [1.29, 1.82) is 0 Å². The summed E-state index contributed by atoms with van der Waals surface area (Å²) in [6.07, 6.45) is -10.2. The smallest absolute Gasteiger partial charge is 0.377 e. The Hall–Kier alpha value is -1.10. The van der Waals surface area contributed by atoms with Crippen LogP contribution in [0.3, 0.4) is 0 Å². The Morgan fingerprint density at radius 2 is 1.29 bits per heavy atom. The van der Waals surface area contributed by atoms with Gasteiger partial charge in [0.25, 0.3) is 0 Å². The van der Waals surface area contributed by atoms with E-state index >= 15 is 0 Å². The molecule has 0 N–H and O–H groups in total. The third kappa shape index (κ3) is 5.47. The van der Waals surface area contributed by atoms with Crippen LogP contribution in [0.15, 0.2) is 18.2 Å². The first-order valence-corrected chi connectivity index (χ1v) is 8.82. The molecule has 0 atom stereocenters. The molecule has 0 aliphatic carbocycles. The van der Waals surface area contributed by atoms with E-state index in [0.29, 0.717) is 12.1 Å². The van der Waals surface area contributed by atoms with Crippen LogP contribution in [0.2, 0.25) is 0 Å². The summed E-state index contributed by atoms with van der Waals surface area (Å²) in [4.78, 5) is 0. The molecule has 0 amide bonds. The molecule has 1 rings (SSSR count). The van der Waals surface area contributed by atoms with Crippen LogP contribution >= 0.6 is 0 Å². The van der Waals surface area contributed by atoms with Gasteiger partial charge >= 0.3 is 21.2 Å². The van der Waals surface area contributed by atoms with Crippen molar-refractivity contribution in [3.05, 3.63) is 34.9 Å². The van der Waals surface area contributed by atoms with Crippen LogP contribution < -0.4 is 0 Å². The van der Waals surface area contributed by atoms with E-state index in [9.17, 15) is 26.3 Å². The number of hydrogen-bond donors (Lipinski definition) is 0. The van der Waals surface area contributed by atoms with Crippen LogP contribution in [0.1, 0.15) is 30.5 Å². The van der Waals surface area contributed by atoms with Crippen molar-refractivity contribution in [2.24, 2.45) is 0 Å². The van der Waals surface area contributed by atoms with Crippen molar-refractivity contribution < 1.29 is 39.6 Å². The molecular weight excluding hydrogens is 358 g/mol. The second-order valence-electron chi connectivity index (χ2n) is 5.35. The summed E-state index contributed by atoms with van der Waals surface area (Å²) in [5.74, 6) is 0. The molecular formula is C14H18F6O3Si. The summed E-state index contributed by atoms with van der Waals surface area (Å²) < 4.78 is 93.3. The second-order valence-corrected chi connectivity index (χ2v) is 8.12. The monoisotopic (exact) mass is 376 g/mol. The van der Waals surface area contributed by atoms with Crippen LogP contribution in [-0.2, 0) is 31.7 Å². The number of rotatable bonds is 6. The molecule has 0 aromatic heterocycles. The largest absolute Gasteiger partial charge is 0.505 e. The highest BCUT2D eigenvalue weighted by atomic mass is 28.4. The lowest BCUT2D eigenvalue weighted by Gasteiger charge is -2.29. The predicted molar refractivity (Wildman–Crippen MR) is 76.1 cm³/mol. The van der Waals surface area contributed by atoms with Crippen LogP contribution in [0.4, 0.5) is 26.3 Å². The van der Waals surface area contributed by atoms with E-state index in [-0.39, 0.29) is 23.8 Å². The van der Waals surface area contributed by atoms with Gasteiger partial charge in [-0.05, 0) is 37.6 Å². The molecule has 0 unspecified atom stereocenters. The number of halogens is 6. The van der Waals surface area contributed by atoms with Gasteiger partial charge in [-0.15, -0.1) is 0 Å². The molecule has 0 bridgehead atoms. The Balaban J connectivity index is 3.36. The highest BCUT2D eigenvalue weighted by Crippen LogP contribution is 2.37. The highest BCUT2D eigenvalue weighted by molar-refractivity contribution is 6.60. The zero-order chi connectivity index (χ0) is 18.8. The number of hydrogen-bond acceptors (Lipinski definition) is 3. The summed E-state index contributed by atoms with van der Waals surface area (Å²) in [6.45, 7) is 3.32. The summed E-state index contributed by atoms with van der Waals surface area (Å²) >= 11 is 0. The maximum Gasteiger partial charge on any atom is 0.505 e. The molecule has 24 heavy (non-hydrogen) atoms. The Morgan fingerprint density at radius 3 is 1.58 bits per heavy atom. The molecule has 0 heterocycles. The van der Waals surface area contributed by atoms with Crippen molar-refractivity contribution in [3.8, 4) is 0 Å². The molecule has 0 spiro atoms. The minimum absolute atomic E-state index is 0.0790. The van der Waals surface area contributed by atoms with E-state index in [4.69, 9.17) is 13.3 Å². The van der Waals surface area contributed by atoms with Gasteiger partial charge in [0.2, 0.25) is 0 Å². The standard InChI is InChI=1S/C14H18F6O3Si/c1-9(2)23-24(21-3,22-4)8-10-5-11(13(15,16)17)7-12(6-10)14(18,19)20/h5-7,9H,8H2,1-4H3. The van der Waals surface area contributed by atoms with E-state index in [2.05, 4.69) is 0 Å². The van der Waals surface area contributed by atoms with Crippen molar-refractivity contribution in [2.75, 3.05) is 14.2 Å². The molecule has 0 saturated carbocycles. The number of alkyl halides is 6. The van der Waals surface area contributed by atoms with E-state index < -0.39 is 32.3 Å². The maximum atomic E-state index is 12.9. The average Bonchev–Trinajstić information content (AvgIpc) is 2.43. The normalized spacial score (nSPS) is 13.6. The fraction of sp³-hybridized carbons (Fsp3) is 0.571. The SMILES string of the molecule is CO[Si](Cc1cc(C(F)(F)F)cc(C(F)(F)F)c1)(OC)OC(C)C. The Labute approximate surface area is 136 Å². The quantitative estimate of drug-likeness (QED) is 0.542. The Bertz CT molecular complexity index is 520. The van der Waals surface area contributed by atoms with Gasteiger partial charge in [-0.1, -0.05) is 0 Å². The fourth-order valence-electron chi connectivity index (χ4n) is 2.10. The van der Waals surface area contributed by atoms with Crippen molar-refractivity contribution >= 4 is 8.80 Å². The fourth-order valence-corrected chi connectivity index (χ4v) is 4.25. The zero-order valence-electron chi connectivity index (χ0n) is 13.5. The lowest BCUT2D eigenvalue weighted by atomic mass is 10.1. The van der Waals surface area contributed by atoms with Gasteiger partial charge in [0.05, 0.1) is 11.1 Å². The summed E-state index contributed by atoms with van der Waals surface area (Å²) in [6, 6.07) is 1.07. The van der Waals surface area contributed by atoms with E-state index in [1.807, 2.05) is 0 Å². The Morgan fingerprint density at radius 1 is 0.875 bits per heavy atom. The zero-order valence-corrected chi connectivity index (χ0v) is 14.5. The molecule has 138 valence electrons. The lowest BCUT2D eigenvalue weighted by Crippen LogP contribution is -2.48. The van der Waals surface area contributed by atoms with Gasteiger partial charge in [0.15, 0.2) is 0 Å². The molecule has 0 radical (unpaired) electrons. The molecule has 1 aromatic carbocycles. The summed E-state index contributed by atoms with van der Waals surface area (Å²) in [7, 11) is -0.953. The lowest BCUT2D eigenvalue weighted by molar-refractivity contribution is -0.143. The van der Waals surface area contributed by atoms with Gasteiger partial charge in [-0.3, -0.25) is 0 Å². The minimum atomic E-state index is -4.90.